The molecule has 0 unspecified atom stereocenters. The van der Waals surface area contributed by atoms with Crippen LogP contribution in [0.3, 0.4) is 0 Å². The van der Waals surface area contributed by atoms with Crippen molar-refractivity contribution < 1.29 is 0 Å². The summed E-state index contributed by atoms with van der Waals surface area (Å²) >= 11 is 0. The highest BCUT2D eigenvalue weighted by Crippen LogP contribution is 2.18. The highest BCUT2D eigenvalue weighted by molar-refractivity contribution is 5.49. The molecule has 0 fully saturated rings. The first-order chi connectivity index (χ1) is 9.01. The molecule has 100 valence electrons. The lowest BCUT2D eigenvalue weighted by molar-refractivity contribution is 0.664. The van der Waals surface area contributed by atoms with Gasteiger partial charge in [0.25, 0.3) is 0 Å². The van der Waals surface area contributed by atoms with E-state index < -0.39 is 0 Å². The zero-order chi connectivity index (χ0) is 14.2. The Kier molecular flexibility index (Phi) is 3.38. The minimum absolute atomic E-state index is 0.0427. The number of hydrogen-bond acceptors (Lipinski definition) is 4. The SMILES string of the molecule is CCc1nc(C(C)C)n2c(=O)n(CC#N)nc2c1C. The maximum absolute atomic E-state index is 12.3. The number of aromatic nitrogens is 4. The first-order valence-corrected chi connectivity index (χ1v) is 6.37. The molecule has 0 bridgehead atoms. The van der Waals surface area contributed by atoms with E-state index in [4.69, 9.17) is 5.26 Å². The quantitative estimate of drug-likeness (QED) is 0.835. The van der Waals surface area contributed by atoms with Gasteiger partial charge in [-0.15, -0.1) is 5.10 Å². The molecule has 2 aromatic heterocycles. The second kappa shape index (κ2) is 4.84. The van der Waals surface area contributed by atoms with Crippen molar-refractivity contribution in [1.82, 2.24) is 19.2 Å². The Balaban J connectivity index is 2.91. The summed E-state index contributed by atoms with van der Waals surface area (Å²) in [6.07, 6.45) is 0.793. The van der Waals surface area contributed by atoms with Crippen LogP contribution in [-0.2, 0) is 13.0 Å². The Morgan fingerprint density at radius 3 is 2.63 bits per heavy atom. The van der Waals surface area contributed by atoms with Crippen LogP contribution in [0.25, 0.3) is 5.65 Å². The molecule has 0 aliphatic carbocycles. The molecule has 0 atom stereocenters. The predicted octanol–water partition coefficient (Wildman–Crippen LogP) is 1.41. The predicted molar refractivity (Wildman–Crippen MR) is 71.1 cm³/mol. The summed E-state index contributed by atoms with van der Waals surface area (Å²) in [5.41, 5.74) is 2.17. The molecule has 6 nitrogen and oxygen atoms in total. The van der Waals surface area contributed by atoms with E-state index in [9.17, 15) is 4.79 Å². The minimum Gasteiger partial charge on any atom is -0.245 e. The summed E-state index contributed by atoms with van der Waals surface area (Å²) < 4.78 is 2.71. The van der Waals surface area contributed by atoms with E-state index in [1.54, 1.807) is 0 Å². The monoisotopic (exact) mass is 259 g/mol. The molecule has 0 saturated heterocycles. The van der Waals surface area contributed by atoms with Gasteiger partial charge >= 0.3 is 5.69 Å². The second-order valence-corrected chi connectivity index (χ2v) is 4.81. The zero-order valence-corrected chi connectivity index (χ0v) is 11.6. The van der Waals surface area contributed by atoms with Gasteiger partial charge in [-0.1, -0.05) is 20.8 Å². The highest BCUT2D eigenvalue weighted by Gasteiger charge is 2.18. The average Bonchev–Trinajstić information content (AvgIpc) is 2.69. The van der Waals surface area contributed by atoms with Crippen LogP contribution in [0.2, 0.25) is 0 Å². The third-order valence-corrected chi connectivity index (χ3v) is 3.16. The van der Waals surface area contributed by atoms with Crippen LogP contribution in [0.15, 0.2) is 4.79 Å². The molecule has 6 heteroatoms. The molecule has 2 aromatic rings. The van der Waals surface area contributed by atoms with Gasteiger partial charge in [-0.3, -0.25) is 0 Å². The van der Waals surface area contributed by atoms with Gasteiger partial charge in [0.15, 0.2) is 5.65 Å². The Morgan fingerprint density at radius 1 is 1.42 bits per heavy atom. The van der Waals surface area contributed by atoms with Crippen molar-refractivity contribution in [2.75, 3.05) is 0 Å². The smallest absolute Gasteiger partial charge is 0.245 e. The number of aryl methyl sites for hydroxylation is 2. The molecule has 0 saturated carbocycles. The molecule has 0 aromatic carbocycles. The fourth-order valence-corrected chi connectivity index (χ4v) is 2.16. The van der Waals surface area contributed by atoms with Gasteiger partial charge in [-0.2, -0.15) is 9.94 Å². The molecule has 0 N–H and O–H groups in total. The molecule has 2 rings (SSSR count). The van der Waals surface area contributed by atoms with Crippen molar-refractivity contribution in [1.29, 1.82) is 5.26 Å². The van der Waals surface area contributed by atoms with Crippen LogP contribution >= 0.6 is 0 Å². The van der Waals surface area contributed by atoms with E-state index in [2.05, 4.69) is 10.1 Å². The lowest BCUT2D eigenvalue weighted by atomic mass is 10.1. The number of nitriles is 1. The Morgan fingerprint density at radius 2 is 2.11 bits per heavy atom. The van der Waals surface area contributed by atoms with Gasteiger partial charge in [-0.05, 0) is 13.3 Å². The Bertz CT molecular complexity index is 717. The van der Waals surface area contributed by atoms with E-state index in [0.717, 1.165) is 17.7 Å². The standard InChI is InChI=1S/C13H17N5O/c1-5-10-9(4)12-16-17(7-6-14)13(19)18(12)11(15-10)8(2)3/h8H,5,7H2,1-4H3. The highest BCUT2D eigenvalue weighted by atomic mass is 16.2. The van der Waals surface area contributed by atoms with Crippen LogP contribution in [0.1, 0.15) is 43.8 Å². The summed E-state index contributed by atoms with van der Waals surface area (Å²) in [4.78, 5) is 16.8. The summed E-state index contributed by atoms with van der Waals surface area (Å²) in [5, 5.41) is 13.0. The summed E-state index contributed by atoms with van der Waals surface area (Å²) in [7, 11) is 0. The van der Waals surface area contributed by atoms with Crippen LogP contribution in [-0.4, -0.2) is 19.2 Å². The van der Waals surface area contributed by atoms with Crippen molar-refractivity contribution in [2.45, 2.75) is 46.6 Å². The third-order valence-electron chi connectivity index (χ3n) is 3.16. The van der Waals surface area contributed by atoms with Crippen molar-refractivity contribution in [3.8, 4) is 6.07 Å². The Labute approximate surface area is 111 Å². The molecular weight excluding hydrogens is 242 g/mol. The second-order valence-electron chi connectivity index (χ2n) is 4.81. The van der Waals surface area contributed by atoms with Gasteiger partial charge in [-0.25, -0.2) is 14.2 Å². The molecule has 0 aliphatic rings. The number of nitrogens with zero attached hydrogens (tertiary/aromatic N) is 5. The van der Waals surface area contributed by atoms with Crippen LogP contribution < -0.4 is 5.69 Å². The average molecular weight is 259 g/mol. The van der Waals surface area contributed by atoms with Crippen molar-refractivity contribution >= 4 is 5.65 Å². The fourth-order valence-electron chi connectivity index (χ4n) is 2.16. The molecule has 0 spiro atoms. The van der Waals surface area contributed by atoms with Gasteiger partial charge < -0.3 is 0 Å². The largest absolute Gasteiger partial charge is 0.352 e. The van der Waals surface area contributed by atoms with Gasteiger partial charge in [0.2, 0.25) is 0 Å². The maximum atomic E-state index is 12.3. The number of rotatable bonds is 3. The van der Waals surface area contributed by atoms with E-state index in [1.165, 1.54) is 9.08 Å². The van der Waals surface area contributed by atoms with Gasteiger partial charge in [0.1, 0.15) is 12.4 Å². The lowest BCUT2D eigenvalue weighted by Crippen LogP contribution is -2.24. The number of fused-ring (bicyclic) bond motifs is 1. The molecule has 0 aliphatic heterocycles. The van der Waals surface area contributed by atoms with E-state index in [0.29, 0.717) is 11.5 Å². The minimum atomic E-state index is -0.293. The third kappa shape index (κ3) is 2.01. The van der Waals surface area contributed by atoms with Crippen LogP contribution in [0.4, 0.5) is 0 Å². The van der Waals surface area contributed by atoms with Crippen LogP contribution in [0.5, 0.6) is 0 Å². The van der Waals surface area contributed by atoms with Gasteiger partial charge in [0, 0.05) is 17.2 Å². The Hall–Kier alpha value is -2.16. The normalized spacial score (nSPS) is 11.2. The van der Waals surface area contributed by atoms with E-state index in [-0.39, 0.29) is 18.2 Å². The van der Waals surface area contributed by atoms with Crippen molar-refractivity contribution in [2.24, 2.45) is 0 Å². The fraction of sp³-hybridized carbons (Fsp3) is 0.538. The van der Waals surface area contributed by atoms with Crippen molar-refractivity contribution in [3.63, 3.8) is 0 Å². The van der Waals surface area contributed by atoms with E-state index in [1.807, 2.05) is 33.8 Å². The zero-order valence-electron chi connectivity index (χ0n) is 11.6. The van der Waals surface area contributed by atoms with E-state index >= 15 is 0 Å². The lowest BCUT2D eigenvalue weighted by Gasteiger charge is -2.11. The molecule has 0 radical (unpaired) electrons. The van der Waals surface area contributed by atoms with Gasteiger partial charge in [0.05, 0.1) is 6.07 Å². The molecule has 19 heavy (non-hydrogen) atoms. The molecule has 0 amide bonds. The molecular formula is C13H17N5O. The first kappa shape index (κ1) is 13.3. The maximum Gasteiger partial charge on any atom is 0.352 e. The van der Waals surface area contributed by atoms with Crippen molar-refractivity contribution in [3.05, 3.63) is 27.6 Å². The first-order valence-electron chi connectivity index (χ1n) is 6.37. The molecule has 2 heterocycles. The summed E-state index contributed by atoms with van der Waals surface area (Å²) in [6, 6.07) is 1.95. The summed E-state index contributed by atoms with van der Waals surface area (Å²) in [5.74, 6) is 0.817. The van der Waals surface area contributed by atoms with Crippen LogP contribution in [0, 0.1) is 18.3 Å². The summed E-state index contributed by atoms with van der Waals surface area (Å²) in [6.45, 7) is 7.88. The topological polar surface area (TPSA) is 76.0 Å². The number of hydrogen-bond donors (Lipinski definition) is 0.